The molecule has 1 aliphatic rings. The molecule has 1 N–H and O–H groups in total. The fraction of sp³-hybridized carbons (Fsp3) is 0.619. The van der Waals surface area contributed by atoms with Crippen molar-refractivity contribution in [3.05, 3.63) is 30.3 Å². The Hall–Kier alpha value is -1.97. The van der Waals surface area contributed by atoms with Gasteiger partial charge in [-0.1, -0.05) is 32.0 Å². The number of piperazine rings is 1. The van der Waals surface area contributed by atoms with Gasteiger partial charge < -0.3 is 15.0 Å². The number of ether oxygens (including phenoxy) is 1. The molecule has 30 heavy (non-hydrogen) atoms. The van der Waals surface area contributed by atoms with E-state index in [1.807, 2.05) is 0 Å². The number of hydrogen-bond donors (Lipinski definition) is 1. The Morgan fingerprint density at radius 3 is 2.53 bits per heavy atom. The van der Waals surface area contributed by atoms with Crippen molar-refractivity contribution in [2.75, 3.05) is 39.9 Å². The van der Waals surface area contributed by atoms with Crippen molar-refractivity contribution in [3.8, 4) is 0 Å². The number of benzene rings is 1. The van der Waals surface area contributed by atoms with Gasteiger partial charge in [-0.25, -0.2) is 8.42 Å². The summed E-state index contributed by atoms with van der Waals surface area (Å²) in [6.45, 7) is 6.59. The zero-order chi connectivity index (χ0) is 22.4. The molecule has 1 heterocycles. The summed E-state index contributed by atoms with van der Waals surface area (Å²) < 4.78 is 32.4. The molecule has 1 saturated heterocycles. The summed E-state index contributed by atoms with van der Waals surface area (Å²) in [6.07, 6.45) is 1.36. The molecule has 1 atom stereocenters. The van der Waals surface area contributed by atoms with Gasteiger partial charge in [0.15, 0.2) is 0 Å². The number of hydrogen-bond acceptors (Lipinski definition) is 5. The number of methoxy groups -OCH3 is 1. The van der Waals surface area contributed by atoms with Crippen LogP contribution < -0.4 is 5.32 Å². The van der Waals surface area contributed by atoms with Crippen LogP contribution in [0.5, 0.6) is 0 Å². The Morgan fingerprint density at radius 2 is 1.93 bits per heavy atom. The third-order valence-corrected chi connectivity index (χ3v) is 7.11. The minimum absolute atomic E-state index is 0.101. The number of amides is 2. The van der Waals surface area contributed by atoms with E-state index in [9.17, 15) is 18.0 Å². The lowest BCUT2D eigenvalue weighted by Crippen LogP contribution is -2.69. The monoisotopic (exact) mass is 439 g/mol. The Balaban J connectivity index is 2.31. The third kappa shape index (κ3) is 5.59. The molecular formula is C21H33N3O5S. The van der Waals surface area contributed by atoms with Crippen LogP contribution in [0.2, 0.25) is 0 Å². The van der Waals surface area contributed by atoms with Gasteiger partial charge in [0.1, 0.15) is 5.54 Å². The highest BCUT2D eigenvalue weighted by Crippen LogP contribution is 2.28. The van der Waals surface area contributed by atoms with E-state index >= 15 is 0 Å². The first-order chi connectivity index (χ1) is 14.1. The number of nitrogens with zero attached hydrogens (tertiary/aromatic N) is 2. The quantitative estimate of drug-likeness (QED) is 0.557. The topological polar surface area (TPSA) is 96.0 Å². The molecule has 2 rings (SSSR count). The fourth-order valence-electron chi connectivity index (χ4n) is 3.51. The normalized spacial score (nSPS) is 20.6. The molecule has 0 aromatic heterocycles. The highest BCUT2D eigenvalue weighted by Gasteiger charge is 2.50. The van der Waals surface area contributed by atoms with Crippen molar-refractivity contribution < 1.29 is 22.7 Å². The average Bonchev–Trinajstić information content (AvgIpc) is 2.70. The highest BCUT2D eigenvalue weighted by molar-refractivity contribution is 7.89. The Bertz CT molecular complexity index is 828. The summed E-state index contributed by atoms with van der Waals surface area (Å²) in [5, 5.41) is 2.89. The Morgan fingerprint density at radius 1 is 1.27 bits per heavy atom. The van der Waals surface area contributed by atoms with Crippen LogP contribution in [-0.4, -0.2) is 74.9 Å². The van der Waals surface area contributed by atoms with Gasteiger partial charge in [0.25, 0.3) is 0 Å². The van der Waals surface area contributed by atoms with Crippen LogP contribution in [0.15, 0.2) is 35.2 Å². The molecule has 1 fully saturated rings. The number of sulfonamides is 1. The predicted octanol–water partition coefficient (Wildman–Crippen LogP) is 1.48. The first kappa shape index (κ1) is 24.3. The second-order valence-electron chi connectivity index (χ2n) is 8.19. The minimum Gasteiger partial charge on any atom is -0.385 e. The van der Waals surface area contributed by atoms with Crippen LogP contribution in [0, 0.1) is 5.92 Å². The lowest BCUT2D eigenvalue weighted by Gasteiger charge is -2.46. The van der Waals surface area contributed by atoms with E-state index in [0.717, 1.165) is 10.7 Å². The Kier molecular flexibility index (Phi) is 8.40. The van der Waals surface area contributed by atoms with E-state index in [1.54, 1.807) is 32.2 Å². The van der Waals surface area contributed by atoms with Gasteiger partial charge >= 0.3 is 0 Å². The maximum atomic E-state index is 13.1. The smallest absolute Gasteiger partial charge is 0.247 e. The molecule has 0 radical (unpaired) electrons. The van der Waals surface area contributed by atoms with E-state index in [2.05, 4.69) is 19.2 Å². The van der Waals surface area contributed by atoms with Crippen LogP contribution in [0.25, 0.3) is 0 Å². The zero-order valence-electron chi connectivity index (χ0n) is 18.3. The fourth-order valence-corrected chi connectivity index (χ4v) is 5.01. The summed E-state index contributed by atoms with van der Waals surface area (Å²) in [4.78, 5) is 27.7. The first-order valence-electron chi connectivity index (χ1n) is 10.3. The van der Waals surface area contributed by atoms with E-state index in [-0.39, 0.29) is 23.9 Å². The summed E-state index contributed by atoms with van der Waals surface area (Å²) >= 11 is 0. The molecule has 1 aromatic rings. The van der Waals surface area contributed by atoms with Gasteiger partial charge in [0.2, 0.25) is 21.8 Å². The second kappa shape index (κ2) is 10.4. The van der Waals surface area contributed by atoms with Crippen LogP contribution in [-0.2, 0) is 24.3 Å². The molecule has 0 saturated carbocycles. The second-order valence-corrected chi connectivity index (χ2v) is 10.1. The molecule has 168 valence electrons. The molecule has 1 aromatic carbocycles. The number of carbonyl (C=O) groups is 2. The molecule has 2 amide bonds. The molecular weight excluding hydrogens is 406 g/mol. The lowest BCUT2D eigenvalue weighted by atomic mass is 9.95. The van der Waals surface area contributed by atoms with E-state index < -0.39 is 21.5 Å². The molecule has 0 spiro atoms. The van der Waals surface area contributed by atoms with Crippen molar-refractivity contribution in [2.45, 2.75) is 44.0 Å². The van der Waals surface area contributed by atoms with Crippen molar-refractivity contribution in [2.24, 2.45) is 5.92 Å². The maximum Gasteiger partial charge on any atom is 0.247 e. The van der Waals surface area contributed by atoms with E-state index in [4.69, 9.17) is 4.74 Å². The lowest BCUT2D eigenvalue weighted by molar-refractivity contribution is -0.152. The summed E-state index contributed by atoms with van der Waals surface area (Å²) in [6, 6.07) is 7.97. The molecule has 0 aliphatic carbocycles. The molecule has 8 nitrogen and oxygen atoms in total. The van der Waals surface area contributed by atoms with Crippen molar-refractivity contribution in [1.82, 2.24) is 14.5 Å². The molecule has 0 bridgehead atoms. The number of rotatable bonds is 10. The van der Waals surface area contributed by atoms with Crippen LogP contribution in [0.1, 0.15) is 33.6 Å². The maximum absolute atomic E-state index is 13.1. The Labute approximate surface area is 179 Å². The van der Waals surface area contributed by atoms with Gasteiger partial charge in [0.05, 0.1) is 11.4 Å². The number of carbonyl (C=O) groups excluding carboxylic acids is 2. The minimum atomic E-state index is -3.90. The van der Waals surface area contributed by atoms with Crippen LogP contribution >= 0.6 is 0 Å². The van der Waals surface area contributed by atoms with Crippen molar-refractivity contribution >= 4 is 21.8 Å². The van der Waals surface area contributed by atoms with Gasteiger partial charge in [0, 0.05) is 33.4 Å². The van der Waals surface area contributed by atoms with Gasteiger partial charge in [-0.05, 0) is 37.8 Å². The summed E-state index contributed by atoms with van der Waals surface area (Å²) in [5.41, 5.74) is -1.30. The third-order valence-electron chi connectivity index (χ3n) is 5.30. The SMILES string of the molecule is COCCCN1C(=O)CN(S(=O)(=O)c2ccccc2)C[C@@]1(C)C(=O)NCCC(C)C. The molecule has 9 heteroatoms. The summed E-state index contributed by atoms with van der Waals surface area (Å²) in [5.74, 6) is -0.320. The van der Waals surface area contributed by atoms with Gasteiger partial charge in [-0.2, -0.15) is 4.31 Å². The van der Waals surface area contributed by atoms with Crippen molar-refractivity contribution in [1.29, 1.82) is 0 Å². The predicted molar refractivity (Wildman–Crippen MR) is 114 cm³/mol. The zero-order valence-corrected chi connectivity index (χ0v) is 19.1. The van der Waals surface area contributed by atoms with Crippen LogP contribution in [0.3, 0.4) is 0 Å². The van der Waals surface area contributed by atoms with Gasteiger partial charge in [-0.15, -0.1) is 0 Å². The van der Waals surface area contributed by atoms with Crippen molar-refractivity contribution in [3.63, 3.8) is 0 Å². The largest absolute Gasteiger partial charge is 0.385 e. The van der Waals surface area contributed by atoms with Crippen LogP contribution in [0.4, 0.5) is 0 Å². The molecule has 0 unspecified atom stereocenters. The van der Waals surface area contributed by atoms with E-state index in [0.29, 0.717) is 32.0 Å². The highest BCUT2D eigenvalue weighted by atomic mass is 32.2. The number of nitrogens with one attached hydrogen (secondary N) is 1. The standard InChI is InChI=1S/C21H33N3O5S/c1-17(2)11-12-22-20(26)21(3)16-23(15-19(25)24(21)13-8-14-29-4)30(27,28)18-9-6-5-7-10-18/h5-7,9-10,17H,8,11-16H2,1-4H3,(H,22,26)/t21-/m0/s1. The molecule has 1 aliphatic heterocycles. The first-order valence-corrected chi connectivity index (χ1v) is 11.7. The summed E-state index contributed by atoms with van der Waals surface area (Å²) in [7, 11) is -2.33. The van der Waals surface area contributed by atoms with Gasteiger partial charge in [-0.3, -0.25) is 9.59 Å². The van der Waals surface area contributed by atoms with E-state index in [1.165, 1.54) is 17.0 Å². The average molecular weight is 440 g/mol.